The van der Waals surface area contributed by atoms with Gasteiger partial charge in [0.2, 0.25) is 11.7 Å². The predicted molar refractivity (Wildman–Crippen MR) is 99.7 cm³/mol. The lowest BCUT2D eigenvalue weighted by Gasteiger charge is -2.32. The summed E-state index contributed by atoms with van der Waals surface area (Å²) in [7, 11) is 0. The van der Waals surface area contributed by atoms with Gasteiger partial charge in [-0.15, -0.1) is 11.3 Å². The number of hydrogen-bond acceptors (Lipinski definition) is 5. The lowest BCUT2D eigenvalue weighted by molar-refractivity contribution is -0.144. The third kappa shape index (κ3) is 3.91. The molecule has 2 aromatic rings. The SMILES string of the molecule is CC(=O)N1C=Cc2ccccc2[C@H]1CC(=O)OCC(=O)c1ccc(C)s1. The molecule has 0 unspecified atom stereocenters. The molecule has 26 heavy (non-hydrogen) atoms. The van der Waals surface area contributed by atoms with Gasteiger partial charge in [0.25, 0.3) is 0 Å². The number of esters is 1. The Kier molecular flexibility index (Phi) is 5.32. The molecule has 1 atom stereocenters. The van der Waals surface area contributed by atoms with E-state index in [9.17, 15) is 14.4 Å². The van der Waals surface area contributed by atoms with Gasteiger partial charge in [0, 0.05) is 18.0 Å². The van der Waals surface area contributed by atoms with Crippen molar-refractivity contribution in [1.82, 2.24) is 4.90 Å². The number of aryl methyl sites for hydroxylation is 1. The summed E-state index contributed by atoms with van der Waals surface area (Å²) in [5.74, 6) is -0.879. The molecule has 2 heterocycles. The van der Waals surface area contributed by atoms with Gasteiger partial charge < -0.3 is 9.64 Å². The number of Topliss-reactive ketones (excluding diaryl/α,β-unsaturated/α-hetero) is 1. The fourth-order valence-electron chi connectivity index (χ4n) is 2.93. The van der Waals surface area contributed by atoms with Crippen LogP contribution in [0.5, 0.6) is 0 Å². The summed E-state index contributed by atoms with van der Waals surface area (Å²) < 4.78 is 5.17. The molecule has 1 amide bonds. The van der Waals surface area contributed by atoms with Crippen molar-refractivity contribution in [2.45, 2.75) is 26.3 Å². The molecule has 1 aliphatic rings. The van der Waals surface area contributed by atoms with Gasteiger partial charge in [-0.1, -0.05) is 24.3 Å². The van der Waals surface area contributed by atoms with Crippen molar-refractivity contribution >= 4 is 35.1 Å². The van der Waals surface area contributed by atoms with Crippen LogP contribution in [-0.4, -0.2) is 29.2 Å². The second kappa shape index (κ2) is 7.66. The summed E-state index contributed by atoms with van der Waals surface area (Å²) >= 11 is 1.38. The lowest BCUT2D eigenvalue weighted by atomic mass is 9.94. The van der Waals surface area contributed by atoms with E-state index in [-0.39, 0.29) is 24.7 Å². The molecule has 1 aromatic heterocycles. The molecule has 0 radical (unpaired) electrons. The minimum absolute atomic E-state index is 0.00230. The van der Waals surface area contributed by atoms with Crippen molar-refractivity contribution in [1.29, 1.82) is 0 Å². The Labute approximate surface area is 155 Å². The highest BCUT2D eigenvalue weighted by molar-refractivity contribution is 7.14. The summed E-state index contributed by atoms with van der Waals surface area (Å²) in [5, 5.41) is 0. The maximum atomic E-state index is 12.3. The highest BCUT2D eigenvalue weighted by atomic mass is 32.1. The Morgan fingerprint density at radius 3 is 2.62 bits per heavy atom. The van der Waals surface area contributed by atoms with E-state index in [4.69, 9.17) is 4.74 Å². The first-order valence-corrected chi connectivity index (χ1v) is 9.08. The molecule has 0 bridgehead atoms. The highest BCUT2D eigenvalue weighted by Gasteiger charge is 2.29. The van der Waals surface area contributed by atoms with E-state index in [1.54, 1.807) is 12.3 Å². The fraction of sp³-hybridized carbons (Fsp3) is 0.250. The third-order valence-corrected chi connectivity index (χ3v) is 5.25. The zero-order chi connectivity index (χ0) is 18.7. The average molecular weight is 369 g/mol. The number of thiophene rings is 1. The van der Waals surface area contributed by atoms with Crippen LogP contribution in [0.2, 0.25) is 0 Å². The van der Waals surface area contributed by atoms with Crippen molar-refractivity contribution in [3.05, 3.63) is 63.5 Å². The molecule has 5 nitrogen and oxygen atoms in total. The number of rotatable bonds is 5. The van der Waals surface area contributed by atoms with Crippen LogP contribution in [0.25, 0.3) is 6.08 Å². The topological polar surface area (TPSA) is 63.7 Å². The first-order valence-electron chi connectivity index (χ1n) is 8.27. The molecular weight excluding hydrogens is 350 g/mol. The van der Waals surface area contributed by atoms with E-state index in [0.717, 1.165) is 16.0 Å². The van der Waals surface area contributed by atoms with Gasteiger partial charge in [0.05, 0.1) is 17.3 Å². The van der Waals surface area contributed by atoms with Gasteiger partial charge in [0.1, 0.15) is 0 Å². The third-order valence-electron chi connectivity index (χ3n) is 4.21. The van der Waals surface area contributed by atoms with Crippen LogP contribution in [-0.2, 0) is 14.3 Å². The number of hydrogen-bond donors (Lipinski definition) is 0. The van der Waals surface area contributed by atoms with E-state index in [1.807, 2.05) is 43.3 Å². The number of nitrogens with zero attached hydrogens (tertiary/aromatic N) is 1. The van der Waals surface area contributed by atoms with Gasteiger partial charge in [-0.3, -0.25) is 14.4 Å². The zero-order valence-corrected chi connectivity index (χ0v) is 15.4. The minimum atomic E-state index is -0.506. The summed E-state index contributed by atoms with van der Waals surface area (Å²) in [6.45, 7) is 3.08. The normalized spacial score (nSPS) is 15.5. The second-order valence-corrected chi connectivity index (χ2v) is 7.37. The molecule has 3 rings (SSSR count). The van der Waals surface area contributed by atoms with Crippen LogP contribution in [0.3, 0.4) is 0 Å². The summed E-state index contributed by atoms with van der Waals surface area (Å²) in [4.78, 5) is 39.4. The standard InChI is InChI=1S/C20H19NO4S/c1-13-7-8-19(26-13)18(23)12-25-20(24)11-17-16-6-4-3-5-15(16)9-10-21(17)14(2)22/h3-10,17H,11-12H2,1-2H3/t17-/m1/s1. The number of carbonyl (C=O) groups excluding carboxylic acids is 3. The first kappa shape index (κ1) is 18.1. The maximum absolute atomic E-state index is 12.3. The van der Waals surface area contributed by atoms with E-state index >= 15 is 0 Å². The van der Waals surface area contributed by atoms with Gasteiger partial charge in [-0.05, 0) is 36.3 Å². The van der Waals surface area contributed by atoms with E-state index < -0.39 is 12.0 Å². The Morgan fingerprint density at radius 2 is 1.92 bits per heavy atom. The minimum Gasteiger partial charge on any atom is -0.457 e. The molecule has 6 heteroatoms. The predicted octanol–water partition coefficient (Wildman–Crippen LogP) is 3.75. The summed E-state index contributed by atoms with van der Waals surface area (Å²) in [6, 6.07) is 10.8. The Morgan fingerprint density at radius 1 is 1.15 bits per heavy atom. The van der Waals surface area contributed by atoms with Gasteiger partial charge >= 0.3 is 5.97 Å². The van der Waals surface area contributed by atoms with Crippen LogP contribution in [0.4, 0.5) is 0 Å². The van der Waals surface area contributed by atoms with Gasteiger partial charge in [0.15, 0.2) is 6.61 Å². The average Bonchev–Trinajstić information content (AvgIpc) is 3.06. The summed E-state index contributed by atoms with van der Waals surface area (Å²) in [6.07, 6.45) is 3.53. The smallest absolute Gasteiger partial charge is 0.308 e. The van der Waals surface area contributed by atoms with Crippen molar-refractivity contribution in [3.63, 3.8) is 0 Å². The van der Waals surface area contributed by atoms with Crippen molar-refractivity contribution in [2.24, 2.45) is 0 Å². The van der Waals surface area contributed by atoms with Crippen molar-refractivity contribution in [3.8, 4) is 0 Å². The molecule has 1 aliphatic heterocycles. The molecule has 0 N–H and O–H groups in total. The number of benzene rings is 1. The molecule has 0 spiro atoms. The molecule has 134 valence electrons. The Balaban J connectivity index is 1.67. The second-order valence-electron chi connectivity index (χ2n) is 6.09. The van der Waals surface area contributed by atoms with Crippen molar-refractivity contribution < 1.29 is 19.1 Å². The number of ketones is 1. The first-order chi connectivity index (χ1) is 12.5. The monoisotopic (exact) mass is 369 g/mol. The molecule has 0 saturated heterocycles. The number of fused-ring (bicyclic) bond motifs is 1. The fourth-order valence-corrected chi connectivity index (χ4v) is 3.72. The van der Waals surface area contributed by atoms with Crippen LogP contribution >= 0.6 is 11.3 Å². The number of ether oxygens (including phenoxy) is 1. The zero-order valence-electron chi connectivity index (χ0n) is 14.6. The summed E-state index contributed by atoms with van der Waals surface area (Å²) in [5.41, 5.74) is 1.86. The quantitative estimate of drug-likeness (QED) is 0.595. The lowest BCUT2D eigenvalue weighted by Crippen LogP contribution is -2.32. The van der Waals surface area contributed by atoms with Crippen LogP contribution in [0.1, 0.15) is 45.1 Å². The molecule has 1 aromatic carbocycles. The number of amides is 1. The van der Waals surface area contributed by atoms with E-state index in [1.165, 1.54) is 23.2 Å². The van der Waals surface area contributed by atoms with Crippen LogP contribution < -0.4 is 0 Å². The van der Waals surface area contributed by atoms with Crippen molar-refractivity contribution in [2.75, 3.05) is 6.61 Å². The molecular formula is C20H19NO4S. The van der Waals surface area contributed by atoms with E-state index in [0.29, 0.717) is 4.88 Å². The molecule has 0 saturated carbocycles. The van der Waals surface area contributed by atoms with Gasteiger partial charge in [-0.25, -0.2) is 0 Å². The highest BCUT2D eigenvalue weighted by Crippen LogP contribution is 2.33. The largest absolute Gasteiger partial charge is 0.457 e. The number of carbonyl (C=O) groups is 3. The van der Waals surface area contributed by atoms with Gasteiger partial charge in [-0.2, -0.15) is 0 Å². The van der Waals surface area contributed by atoms with Crippen LogP contribution in [0.15, 0.2) is 42.6 Å². The Bertz CT molecular complexity index is 883. The Hall–Kier alpha value is -2.73. The molecule has 0 fully saturated rings. The van der Waals surface area contributed by atoms with Crippen LogP contribution in [0, 0.1) is 6.92 Å². The van der Waals surface area contributed by atoms with E-state index in [2.05, 4.69) is 0 Å². The maximum Gasteiger partial charge on any atom is 0.308 e. The molecule has 0 aliphatic carbocycles.